The van der Waals surface area contributed by atoms with Crippen LogP contribution in [0.15, 0.2) is 24.3 Å². The molecule has 0 bridgehead atoms. The lowest BCUT2D eigenvalue weighted by atomic mass is 9.93. The summed E-state index contributed by atoms with van der Waals surface area (Å²) in [5, 5.41) is 10.2. The highest BCUT2D eigenvalue weighted by molar-refractivity contribution is 14.1. The van der Waals surface area contributed by atoms with Gasteiger partial charge in [0.15, 0.2) is 6.35 Å². The maximum absolute atomic E-state index is 11.0. The SMILES string of the molecule is Cc1cc(OCP(=O)(O)O)cc(C)c1Cc1cc(I)c(O)c(C(C)C)c1. The smallest absolute Gasteiger partial charge is 0.362 e. The highest BCUT2D eigenvalue weighted by Gasteiger charge is 2.16. The summed E-state index contributed by atoms with van der Waals surface area (Å²) >= 11 is 2.15. The van der Waals surface area contributed by atoms with Gasteiger partial charge in [0.25, 0.3) is 0 Å². The van der Waals surface area contributed by atoms with Crippen molar-refractivity contribution < 1.29 is 24.2 Å². The number of ether oxygens (including phenoxy) is 1. The summed E-state index contributed by atoms with van der Waals surface area (Å²) in [7, 11) is -4.20. The topological polar surface area (TPSA) is 87.0 Å². The van der Waals surface area contributed by atoms with Crippen LogP contribution >= 0.6 is 30.2 Å². The Morgan fingerprint density at radius 2 is 1.69 bits per heavy atom. The summed E-state index contributed by atoms with van der Waals surface area (Å²) < 4.78 is 17.0. The molecule has 0 saturated carbocycles. The molecule has 0 aliphatic carbocycles. The molecule has 0 aromatic heterocycles. The van der Waals surface area contributed by atoms with Gasteiger partial charge in [0.05, 0.1) is 3.57 Å². The maximum atomic E-state index is 11.0. The maximum Gasteiger partial charge on any atom is 0.362 e. The zero-order chi connectivity index (χ0) is 19.6. The van der Waals surface area contributed by atoms with E-state index in [0.29, 0.717) is 17.9 Å². The number of rotatable bonds is 6. The lowest BCUT2D eigenvalue weighted by Crippen LogP contribution is -2.02. The highest BCUT2D eigenvalue weighted by atomic mass is 127. The third-order valence-electron chi connectivity index (χ3n) is 4.22. The third-order valence-corrected chi connectivity index (χ3v) is 5.51. The van der Waals surface area contributed by atoms with E-state index < -0.39 is 13.9 Å². The van der Waals surface area contributed by atoms with E-state index in [-0.39, 0.29) is 5.92 Å². The second kappa shape index (κ2) is 8.30. The van der Waals surface area contributed by atoms with Crippen molar-refractivity contribution in [3.8, 4) is 11.5 Å². The first-order chi connectivity index (χ1) is 12.0. The van der Waals surface area contributed by atoms with E-state index in [1.54, 1.807) is 12.1 Å². The number of aromatic hydroxyl groups is 1. The molecule has 5 nitrogen and oxygen atoms in total. The molecule has 0 amide bonds. The van der Waals surface area contributed by atoms with Crippen LogP contribution < -0.4 is 4.74 Å². The molecule has 2 aromatic carbocycles. The summed E-state index contributed by atoms with van der Waals surface area (Å²) in [5.74, 6) is 1.03. The fourth-order valence-corrected chi connectivity index (χ4v) is 3.93. The van der Waals surface area contributed by atoms with Crippen LogP contribution in [-0.4, -0.2) is 21.2 Å². The van der Waals surface area contributed by atoms with Gasteiger partial charge >= 0.3 is 7.60 Å². The molecule has 3 N–H and O–H groups in total. The van der Waals surface area contributed by atoms with Crippen LogP contribution in [0, 0.1) is 17.4 Å². The van der Waals surface area contributed by atoms with E-state index in [2.05, 4.69) is 36.4 Å². The minimum atomic E-state index is -4.20. The first kappa shape index (κ1) is 21.2. The molecular formula is C19H24IO5P. The molecular weight excluding hydrogens is 466 g/mol. The normalized spacial score (nSPS) is 11.8. The van der Waals surface area contributed by atoms with Crippen molar-refractivity contribution in [2.45, 2.75) is 40.0 Å². The van der Waals surface area contributed by atoms with Crippen LogP contribution in [-0.2, 0) is 11.0 Å². The predicted molar refractivity (Wildman–Crippen MR) is 111 cm³/mol. The quantitative estimate of drug-likeness (QED) is 0.399. The van der Waals surface area contributed by atoms with Crippen LogP contribution in [0.2, 0.25) is 0 Å². The number of phenolic OH excluding ortho intramolecular Hbond substituents is 1. The van der Waals surface area contributed by atoms with E-state index in [1.165, 1.54) is 0 Å². The fraction of sp³-hybridized carbons (Fsp3) is 0.368. The standard InChI is InChI=1S/C19H24IO5P/c1-11(2)16-7-14(9-18(20)19(16)21)8-17-12(3)5-15(6-13(17)4)25-10-26(22,23)24/h5-7,9,11,21H,8,10H2,1-4H3,(H2,22,23,24). The molecule has 142 valence electrons. The Hall–Kier alpha value is -1.08. The summed E-state index contributed by atoms with van der Waals surface area (Å²) in [5.41, 5.74) is 5.19. The third kappa shape index (κ3) is 5.46. The number of benzene rings is 2. The minimum absolute atomic E-state index is 0.231. The van der Waals surface area contributed by atoms with Crippen molar-refractivity contribution in [3.63, 3.8) is 0 Å². The fourth-order valence-electron chi connectivity index (χ4n) is 2.90. The molecule has 0 saturated heterocycles. The molecule has 7 heteroatoms. The summed E-state index contributed by atoms with van der Waals surface area (Å²) in [6.07, 6.45) is 0.0889. The second-order valence-electron chi connectivity index (χ2n) is 6.82. The Morgan fingerprint density at radius 1 is 1.12 bits per heavy atom. The van der Waals surface area contributed by atoms with Gasteiger partial charge in [-0.05, 0) is 94.8 Å². The van der Waals surface area contributed by atoms with Gasteiger partial charge in [-0.2, -0.15) is 0 Å². The van der Waals surface area contributed by atoms with Crippen molar-refractivity contribution in [1.82, 2.24) is 0 Å². The van der Waals surface area contributed by atoms with Crippen molar-refractivity contribution in [2.24, 2.45) is 0 Å². The molecule has 0 radical (unpaired) electrons. The zero-order valence-corrected chi connectivity index (χ0v) is 18.3. The number of hydrogen-bond donors (Lipinski definition) is 3. The average molecular weight is 490 g/mol. The first-order valence-corrected chi connectivity index (χ1v) is 11.1. The molecule has 26 heavy (non-hydrogen) atoms. The van der Waals surface area contributed by atoms with Crippen LogP contribution in [0.5, 0.6) is 11.5 Å². The summed E-state index contributed by atoms with van der Waals surface area (Å²) in [4.78, 5) is 17.9. The Labute approximate surface area is 167 Å². The summed E-state index contributed by atoms with van der Waals surface area (Å²) in [6.45, 7) is 8.03. The second-order valence-corrected chi connectivity index (χ2v) is 9.57. The van der Waals surface area contributed by atoms with Gasteiger partial charge in [-0.3, -0.25) is 4.57 Å². The Morgan fingerprint density at radius 3 is 2.19 bits per heavy atom. The molecule has 0 unspecified atom stereocenters. The van der Waals surface area contributed by atoms with E-state index in [4.69, 9.17) is 14.5 Å². The van der Waals surface area contributed by atoms with Gasteiger partial charge in [-0.15, -0.1) is 0 Å². The molecule has 0 fully saturated rings. The van der Waals surface area contributed by atoms with Crippen molar-refractivity contribution in [2.75, 3.05) is 6.35 Å². The Balaban J connectivity index is 2.32. The van der Waals surface area contributed by atoms with E-state index in [9.17, 15) is 9.67 Å². The van der Waals surface area contributed by atoms with Crippen molar-refractivity contribution in [1.29, 1.82) is 0 Å². The van der Waals surface area contributed by atoms with Gasteiger partial charge < -0.3 is 19.6 Å². The molecule has 0 aliphatic rings. The first-order valence-electron chi connectivity index (χ1n) is 8.26. The van der Waals surface area contributed by atoms with Gasteiger partial charge in [0.1, 0.15) is 11.5 Å². The van der Waals surface area contributed by atoms with Crippen LogP contribution in [0.3, 0.4) is 0 Å². The Kier molecular flexibility index (Phi) is 6.77. The van der Waals surface area contributed by atoms with E-state index in [1.807, 2.05) is 26.0 Å². The zero-order valence-electron chi connectivity index (χ0n) is 15.3. The highest BCUT2D eigenvalue weighted by Crippen LogP contribution is 2.36. The lowest BCUT2D eigenvalue weighted by molar-refractivity contribution is 0.300. The van der Waals surface area contributed by atoms with Crippen molar-refractivity contribution >= 4 is 30.2 Å². The number of hydrogen-bond acceptors (Lipinski definition) is 3. The number of phenols is 1. The van der Waals surface area contributed by atoms with Gasteiger partial charge in [-0.1, -0.05) is 19.9 Å². The van der Waals surface area contributed by atoms with Gasteiger partial charge in [0, 0.05) is 0 Å². The van der Waals surface area contributed by atoms with Gasteiger partial charge in [-0.25, -0.2) is 0 Å². The van der Waals surface area contributed by atoms with E-state index in [0.717, 1.165) is 31.4 Å². The molecule has 0 heterocycles. The van der Waals surface area contributed by atoms with Crippen molar-refractivity contribution in [3.05, 3.63) is 55.7 Å². The molecule has 0 aliphatic heterocycles. The monoisotopic (exact) mass is 490 g/mol. The van der Waals surface area contributed by atoms with Crippen LogP contribution in [0.4, 0.5) is 0 Å². The number of halogens is 1. The predicted octanol–water partition coefficient (Wildman–Crippen LogP) is 4.84. The van der Waals surface area contributed by atoms with E-state index >= 15 is 0 Å². The van der Waals surface area contributed by atoms with Crippen LogP contribution in [0.1, 0.15) is 47.6 Å². The Bertz CT molecular complexity index is 834. The largest absolute Gasteiger partial charge is 0.507 e. The van der Waals surface area contributed by atoms with Gasteiger partial charge in [0.2, 0.25) is 0 Å². The number of aryl methyl sites for hydroxylation is 2. The molecule has 0 atom stereocenters. The summed E-state index contributed by atoms with van der Waals surface area (Å²) in [6, 6.07) is 7.62. The average Bonchev–Trinajstić information content (AvgIpc) is 2.51. The molecule has 0 spiro atoms. The molecule has 2 aromatic rings. The molecule has 2 rings (SSSR count). The van der Waals surface area contributed by atoms with Crippen LogP contribution in [0.25, 0.3) is 0 Å². The lowest BCUT2D eigenvalue weighted by Gasteiger charge is -2.16. The minimum Gasteiger partial charge on any atom is -0.507 e.